The molecule has 0 aromatic rings. The van der Waals surface area contributed by atoms with Crippen LogP contribution < -0.4 is 10.6 Å². The van der Waals surface area contributed by atoms with Gasteiger partial charge in [-0.3, -0.25) is 0 Å². The number of urea groups is 1. The second-order valence-electron chi connectivity index (χ2n) is 3.86. The Hall–Kier alpha value is -1.30. The van der Waals surface area contributed by atoms with Gasteiger partial charge in [-0.2, -0.15) is 0 Å². The van der Waals surface area contributed by atoms with Gasteiger partial charge in [0.1, 0.15) is 5.54 Å². The lowest BCUT2D eigenvalue weighted by atomic mass is 10.1. The summed E-state index contributed by atoms with van der Waals surface area (Å²) in [5.74, 6) is -1.07. The van der Waals surface area contributed by atoms with E-state index in [-0.39, 0.29) is 0 Å². The minimum absolute atomic E-state index is 0.460. The number of carbonyl (C=O) groups is 2. The molecule has 0 aliphatic heterocycles. The van der Waals surface area contributed by atoms with Crippen molar-refractivity contribution in [1.82, 2.24) is 10.6 Å². The molecule has 0 aromatic carbocycles. The van der Waals surface area contributed by atoms with E-state index < -0.39 is 17.5 Å². The SMILES string of the molecule is CCOCCCNC(=O)NC(C)(C)C(=O)O. The van der Waals surface area contributed by atoms with Gasteiger partial charge in [-0.1, -0.05) is 0 Å². The fourth-order valence-electron chi connectivity index (χ4n) is 0.902. The van der Waals surface area contributed by atoms with Gasteiger partial charge in [-0.05, 0) is 27.2 Å². The highest BCUT2D eigenvalue weighted by atomic mass is 16.5. The maximum absolute atomic E-state index is 11.3. The lowest BCUT2D eigenvalue weighted by Crippen LogP contribution is -2.53. The van der Waals surface area contributed by atoms with Crippen LogP contribution in [-0.2, 0) is 9.53 Å². The molecular weight excluding hydrogens is 212 g/mol. The molecule has 0 unspecified atom stereocenters. The lowest BCUT2D eigenvalue weighted by molar-refractivity contribution is -0.142. The number of hydrogen-bond donors (Lipinski definition) is 3. The van der Waals surface area contributed by atoms with Crippen molar-refractivity contribution >= 4 is 12.0 Å². The van der Waals surface area contributed by atoms with Crippen LogP contribution in [0.1, 0.15) is 27.2 Å². The topological polar surface area (TPSA) is 87.7 Å². The largest absolute Gasteiger partial charge is 0.480 e. The van der Waals surface area contributed by atoms with Crippen molar-refractivity contribution in [3.8, 4) is 0 Å². The number of nitrogens with one attached hydrogen (secondary N) is 2. The summed E-state index contributed by atoms with van der Waals surface area (Å²) >= 11 is 0. The molecule has 16 heavy (non-hydrogen) atoms. The summed E-state index contributed by atoms with van der Waals surface area (Å²) in [7, 11) is 0. The average molecular weight is 232 g/mol. The lowest BCUT2D eigenvalue weighted by Gasteiger charge is -2.21. The number of carbonyl (C=O) groups excluding carboxylic acids is 1. The van der Waals surface area contributed by atoms with Crippen LogP contribution in [0.5, 0.6) is 0 Å². The summed E-state index contributed by atoms with van der Waals surface area (Å²) in [5.41, 5.74) is -1.26. The summed E-state index contributed by atoms with van der Waals surface area (Å²) in [6, 6.07) is -0.483. The van der Waals surface area contributed by atoms with Crippen LogP contribution >= 0.6 is 0 Å². The number of hydrogen-bond acceptors (Lipinski definition) is 3. The Kier molecular flexibility index (Phi) is 6.48. The first-order chi connectivity index (χ1) is 7.40. The third-order valence-corrected chi connectivity index (χ3v) is 1.92. The highest BCUT2D eigenvalue weighted by molar-refractivity contribution is 5.85. The second-order valence-corrected chi connectivity index (χ2v) is 3.86. The zero-order valence-corrected chi connectivity index (χ0v) is 10.0. The van der Waals surface area contributed by atoms with Gasteiger partial charge < -0.3 is 20.5 Å². The normalized spacial score (nSPS) is 10.9. The molecule has 94 valence electrons. The zero-order chi connectivity index (χ0) is 12.6. The first kappa shape index (κ1) is 14.7. The highest BCUT2D eigenvalue weighted by Crippen LogP contribution is 2.00. The first-order valence-corrected chi connectivity index (χ1v) is 5.27. The van der Waals surface area contributed by atoms with E-state index in [0.717, 1.165) is 0 Å². The predicted octanol–water partition coefficient (Wildman–Crippen LogP) is 0.575. The molecule has 0 aromatic heterocycles. The van der Waals surface area contributed by atoms with Gasteiger partial charge in [-0.15, -0.1) is 0 Å². The van der Waals surface area contributed by atoms with Crippen molar-refractivity contribution in [2.75, 3.05) is 19.8 Å². The molecule has 0 bridgehead atoms. The molecule has 0 atom stereocenters. The average Bonchev–Trinajstić information content (AvgIpc) is 2.16. The molecule has 0 aliphatic carbocycles. The van der Waals surface area contributed by atoms with Crippen molar-refractivity contribution in [1.29, 1.82) is 0 Å². The Balaban J connectivity index is 3.71. The van der Waals surface area contributed by atoms with Gasteiger partial charge in [-0.25, -0.2) is 9.59 Å². The van der Waals surface area contributed by atoms with E-state index in [0.29, 0.717) is 26.2 Å². The van der Waals surface area contributed by atoms with Crippen LogP contribution in [-0.4, -0.2) is 42.4 Å². The fourth-order valence-corrected chi connectivity index (χ4v) is 0.902. The van der Waals surface area contributed by atoms with Crippen LogP contribution in [0, 0.1) is 0 Å². The standard InChI is InChI=1S/C10H20N2O4/c1-4-16-7-5-6-11-9(15)12-10(2,3)8(13)14/h4-7H2,1-3H3,(H,13,14)(H2,11,12,15). The Labute approximate surface area is 95.4 Å². The maximum Gasteiger partial charge on any atom is 0.328 e. The third-order valence-electron chi connectivity index (χ3n) is 1.92. The van der Waals surface area contributed by atoms with E-state index >= 15 is 0 Å². The predicted molar refractivity (Wildman–Crippen MR) is 59.4 cm³/mol. The number of carboxylic acids is 1. The first-order valence-electron chi connectivity index (χ1n) is 5.27. The third kappa shape index (κ3) is 6.23. The quantitative estimate of drug-likeness (QED) is 0.560. The monoisotopic (exact) mass is 232 g/mol. The van der Waals surface area contributed by atoms with Crippen molar-refractivity contribution in [3.63, 3.8) is 0 Å². The molecule has 0 spiro atoms. The second kappa shape index (κ2) is 7.05. The van der Waals surface area contributed by atoms with E-state index in [1.54, 1.807) is 0 Å². The minimum Gasteiger partial charge on any atom is -0.480 e. The summed E-state index contributed by atoms with van der Waals surface area (Å²) in [4.78, 5) is 22.0. The minimum atomic E-state index is -1.26. The molecule has 0 rings (SSSR count). The Morgan fingerprint density at radius 2 is 2.00 bits per heavy atom. The van der Waals surface area contributed by atoms with E-state index in [1.165, 1.54) is 13.8 Å². The molecule has 6 heteroatoms. The van der Waals surface area contributed by atoms with E-state index in [4.69, 9.17) is 9.84 Å². The molecule has 6 nitrogen and oxygen atoms in total. The van der Waals surface area contributed by atoms with Gasteiger partial charge in [0.2, 0.25) is 0 Å². The van der Waals surface area contributed by atoms with Gasteiger partial charge >= 0.3 is 12.0 Å². The number of rotatable bonds is 7. The Bertz CT molecular complexity index is 241. The van der Waals surface area contributed by atoms with Gasteiger partial charge in [0.15, 0.2) is 0 Å². The van der Waals surface area contributed by atoms with Gasteiger partial charge in [0.25, 0.3) is 0 Å². The van der Waals surface area contributed by atoms with Crippen LogP contribution in [0.15, 0.2) is 0 Å². The summed E-state index contributed by atoms with van der Waals surface area (Å²) in [6.45, 7) is 6.44. The maximum atomic E-state index is 11.3. The molecule has 0 heterocycles. The molecule has 0 radical (unpaired) electrons. The number of carboxylic acid groups (broad SMARTS) is 1. The zero-order valence-electron chi connectivity index (χ0n) is 10.0. The smallest absolute Gasteiger partial charge is 0.328 e. The molecule has 2 amide bonds. The number of amides is 2. The van der Waals surface area contributed by atoms with Crippen LogP contribution in [0.3, 0.4) is 0 Å². The van der Waals surface area contributed by atoms with Crippen molar-refractivity contribution in [3.05, 3.63) is 0 Å². The number of ether oxygens (including phenoxy) is 1. The van der Waals surface area contributed by atoms with E-state index in [1.807, 2.05) is 6.92 Å². The van der Waals surface area contributed by atoms with Crippen LogP contribution in [0.25, 0.3) is 0 Å². The number of aliphatic carboxylic acids is 1. The summed E-state index contributed by atoms with van der Waals surface area (Å²) < 4.78 is 5.09. The molecule has 0 aliphatic rings. The molecule has 3 N–H and O–H groups in total. The summed E-state index contributed by atoms with van der Waals surface area (Å²) in [6.07, 6.45) is 0.703. The van der Waals surface area contributed by atoms with Gasteiger partial charge in [0.05, 0.1) is 0 Å². The molecular formula is C10H20N2O4. The van der Waals surface area contributed by atoms with E-state index in [2.05, 4.69) is 10.6 Å². The fraction of sp³-hybridized carbons (Fsp3) is 0.800. The van der Waals surface area contributed by atoms with Crippen LogP contribution in [0.4, 0.5) is 4.79 Å². The van der Waals surface area contributed by atoms with Crippen molar-refractivity contribution in [2.45, 2.75) is 32.7 Å². The summed E-state index contributed by atoms with van der Waals surface area (Å²) in [5, 5.41) is 13.7. The molecule has 0 fully saturated rings. The Morgan fingerprint density at radius 3 is 2.50 bits per heavy atom. The molecule has 0 saturated carbocycles. The van der Waals surface area contributed by atoms with Gasteiger partial charge in [0, 0.05) is 19.8 Å². The van der Waals surface area contributed by atoms with Crippen molar-refractivity contribution in [2.24, 2.45) is 0 Å². The van der Waals surface area contributed by atoms with Crippen molar-refractivity contribution < 1.29 is 19.4 Å². The van der Waals surface area contributed by atoms with Crippen LogP contribution in [0.2, 0.25) is 0 Å². The molecule has 0 saturated heterocycles. The highest BCUT2D eigenvalue weighted by Gasteiger charge is 2.28. The van der Waals surface area contributed by atoms with E-state index in [9.17, 15) is 9.59 Å². The Morgan fingerprint density at radius 1 is 1.38 bits per heavy atom.